The smallest absolute Gasteiger partial charge is 0.125 e. The summed E-state index contributed by atoms with van der Waals surface area (Å²) in [6.45, 7) is 14.2. The predicted molar refractivity (Wildman–Crippen MR) is 82.6 cm³/mol. The Labute approximate surface area is 121 Å². The van der Waals surface area contributed by atoms with E-state index in [1.807, 2.05) is 6.92 Å². The number of hydrogen-bond donors (Lipinski definition) is 1. The molecule has 0 atom stereocenters. The molecule has 1 aromatic rings. The van der Waals surface area contributed by atoms with Gasteiger partial charge < -0.3 is 10.5 Å². The molecule has 0 saturated heterocycles. The van der Waals surface area contributed by atoms with Crippen LogP contribution in [0.25, 0.3) is 0 Å². The van der Waals surface area contributed by atoms with Gasteiger partial charge in [0.2, 0.25) is 0 Å². The first kappa shape index (κ1) is 16.6. The molecule has 0 unspecified atom stereocenters. The van der Waals surface area contributed by atoms with Crippen molar-refractivity contribution in [3.63, 3.8) is 0 Å². The Morgan fingerprint density at radius 3 is 2.05 bits per heavy atom. The fourth-order valence-electron chi connectivity index (χ4n) is 2.37. The number of nitrogens with zero attached hydrogens (tertiary/aromatic N) is 1. The monoisotopic (exact) mass is 284 g/mol. The Morgan fingerprint density at radius 2 is 1.74 bits per heavy atom. The molecule has 1 rings (SSSR count). The minimum Gasteiger partial charge on any atom is -0.368 e. The molecular formula is C15H28N2OS. The average Bonchev–Trinajstić information content (AvgIpc) is 2.80. The van der Waals surface area contributed by atoms with Crippen LogP contribution in [0.1, 0.15) is 70.0 Å². The maximum Gasteiger partial charge on any atom is 0.125 e. The largest absolute Gasteiger partial charge is 0.368 e. The van der Waals surface area contributed by atoms with Crippen LogP contribution in [0, 0.1) is 0 Å². The highest BCUT2D eigenvalue weighted by Crippen LogP contribution is 2.39. The van der Waals surface area contributed by atoms with Gasteiger partial charge in [-0.1, -0.05) is 34.6 Å². The molecule has 4 heteroatoms. The lowest BCUT2D eigenvalue weighted by molar-refractivity contribution is -0.0507. The van der Waals surface area contributed by atoms with Gasteiger partial charge in [0.25, 0.3) is 0 Å². The number of aromatic nitrogens is 1. The molecule has 2 N–H and O–H groups in total. The maximum atomic E-state index is 6.05. The highest BCUT2D eigenvalue weighted by atomic mass is 32.1. The molecule has 0 aliphatic heterocycles. The Bertz CT molecular complexity index is 403. The highest BCUT2D eigenvalue weighted by Gasteiger charge is 2.35. The summed E-state index contributed by atoms with van der Waals surface area (Å²) in [7, 11) is 0. The summed E-state index contributed by atoms with van der Waals surface area (Å²) in [5, 5.41) is 1.09. The van der Waals surface area contributed by atoms with Gasteiger partial charge in [0.1, 0.15) is 10.6 Å². The summed E-state index contributed by atoms with van der Waals surface area (Å²) in [4.78, 5) is 6.09. The molecule has 3 nitrogen and oxygen atoms in total. The number of ether oxygens (including phenoxy) is 1. The van der Waals surface area contributed by atoms with E-state index in [0.717, 1.165) is 23.5 Å². The molecule has 0 bridgehead atoms. The first-order valence-corrected chi connectivity index (χ1v) is 8.00. The van der Waals surface area contributed by atoms with Gasteiger partial charge >= 0.3 is 0 Å². The first-order valence-electron chi connectivity index (χ1n) is 7.19. The number of rotatable bonds is 6. The van der Waals surface area contributed by atoms with Gasteiger partial charge in [-0.2, -0.15) is 0 Å². The lowest BCUT2D eigenvalue weighted by Gasteiger charge is -2.29. The third-order valence-electron chi connectivity index (χ3n) is 3.55. The van der Waals surface area contributed by atoms with Crippen molar-refractivity contribution >= 4 is 11.3 Å². The maximum absolute atomic E-state index is 6.05. The minimum atomic E-state index is -0.243. The van der Waals surface area contributed by atoms with E-state index < -0.39 is 0 Å². The Kier molecular flexibility index (Phi) is 5.53. The van der Waals surface area contributed by atoms with E-state index in [1.54, 1.807) is 11.3 Å². The second-order valence-electron chi connectivity index (χ2n) is 5.88. The van der Waals surface area contributed by atoms with E-state index in [2.05, 4.69) is 34.6 Å². The number of thiazole rings is 1. The average molecular weight is 284 g/mol. The fourth-order valence-corrected chi connectivity index (χ4v) is 3.80. The van der Waals surface area contributed by atoms with E-state index in [1.165, 1.54) is 4.88 Å². The van der Waals surface area contributed by atoms with Gasteiger partial charge in [0, 0.05) is 23.4 Å². The molecule has 0 aliphatic carbocycles. The van der Waals surface area contributed by atoms with Crippen LogP contribution in [-0.4, -0.2) is 11.6 Å². The summed E-state index contributed by atoms with van der Waals surface area (Å²) >= 11 is 1.72. The second kappa shape index (κ2) is 6.33. The predicted octanol–water partition coefficient (Wildman–Crippen LogP) is 3.95. The van der Waals surface area contributed by atoms with E-state index in [4.69, 9.17) is 15.5 Å². The van der Waals surface area contributed by atoms with Crippen molar-refractivity contribution in [3.05, 3.63) is 15.6 Å². The van der Waals surface area contributed by atoms with E-state index in [0.29, 0.717) is 13.2 Å². The van der Waals surface area contributed by atoms with Gasteiger partial charge in [-0.05, 0) is 19.8 Å². The molecule has 1 heterocycles. The van der Waals surface area contributed by atoms with Crippen molar-refractivity contribution in [1.82, 2.24) is 4.98 Å². The van der Waals surface area contributed by atoms with Crippen molar-refractivity contribution in [1.29, 1.82) is 0 Å². The van der Waals surface area contributed by atoms with E-state index in [9.17, 15) is 0 Å². The Balaban J connectivity index is 3.30. The van der Waals surface area contributed by atoms with Crippen LogP contribution < -0.4 is 5.73 Å². The fraction of sp³-hybridized carbons (Fsp3) is 0.800. The molecule has 0 radical (unpaired) electrons. The van der Waals surface area contributed by atoms with Crippen LogP contribution in [0.5, 0.6) is 0 Å². The molecular weight excluding hydrogens is 256 g/mol. The zero-order chi connectivity index (χ0) is 14.7. The quantitative estimate of drug-likeness (QED) is 0.860. The van der Waals surface area contributed by atoms with Crippen molar-refractivity contribution in [2.75, 3.05) is 6.61 Å². The standard InChI is InChI=1S/C15H28N2OS/c1-7-15(8-2,18-9-3)13-17-12(14(4,5)6)11(10-16)19-13/h7-10,16H2,1-6H3. The number of nitrogens with two attached hydrogens (primary N) is 1. The van der Waals surface area contributed by atoms with Crippen molar-refractivity contribution in [3.8, 4) is 0 Å². The molecule has 1 aromatic heterocycles. The van der Waals surface area contributed by atoms with E-state index >= 15 is 0 Å². The zero-order valence-corrected chi connectivity index (χ0v) is 14.0. The Hall–Kier alpha value is -0.450. The van der Waals surface area contributed by atoms with Gasteiger partial charge in [-0.15, -0.1) is 11.3 Å². The summed E-state index contributed by atoms with van der Waals surface area (Å²) in [6.07, 6.45) is 1.89. The molecule has 0 saturated carbocycles. The normalized spacial score (nSPS) is 13.0. The van der Waals surface area contributed by atoms with Crippen molar-refractivity contribution in [2.45, 2.75) is 71.9 Å². The van der Waals surface area contributed by atoms with Crippen LogP contribution in [0.2, 0.25) is 0 Å². The van der Waals surface area contributed by atoms with Crippen LogP contribution in [0.4, 0.5) is 0 Å². The van der Waals surface area contributed by atoms with Crippen molar-refractivity contribution < 1.29 is 4.74 Å². The minimum absolute atomic E-state index is 0.0306. The van der Waals surface area contributed by atoms with Gasteiger partial charge in [-0.25, -0.2) is 4.98 Å². The van der Waals surface area contributed by atoms with Crippen LogP contribution >= 0.6 is 11.3 Å². The van der Waals surface area contributed by atoms with E-state index in [-0.39, 0.29) is 11.0 Å². The highest BCUT2D eigenvalue weighted by molar-refractivity contribution is 7.11. The molecule has 0 aromatic carbocycles. The molecule has 19 heavy (non-hydrogen) atoms. The summed E-state index contributed by atoms with van der Waals surface area (Å²) in [6, 6.07) is 0. The molecule has 0 amide bonds. The SMILES string of the molecule is CCOC(CC)(CC)c1nc(C(C)(C)C)c(CN)s1. The molecule has 0 aliphatic rings. The first-order chi connectivity index (χ1) is 8.84. The van der Waals surface area contributed by atoms with Crippen molar-refractivity contribution in [2.24, 2.45) is 5.73 Å². The van der Waals surface area contributed by atoms with Crippen LogP contribution in [0.15, 0.2) is 0 Å². The van der Waals surface area contributed by atoms with Crippen LogP contribution in [-0.2, 0) is 22.3 Å². The lowest BCUT2D eigenvalue weighted by atomic mass is 9.91. The van der Waals surface area contributed by atoms with Gasteiger partial charge in [0.15, 0.2) is 0 Å². The topological polar surface area (TPSA) is 48.1 Å². The number of hydrogen-bond acceptors (Lipinski definition) is 4. The summed E-state index contributed by atoms with van der Waals surface area (Å²) < 4.78 is 6.05. The molecule has 0 spiro atoms. The second-order valence-corrected chi connectivity index (χ2v) is 6.96. The Morgan fingerprint density at radius 1 is 1.16 bits per heavy atom. The van der Waals surface area contributed by atoms with Gasteiger partial charge in [0.05, 0.1) is 5.69 Å². The third kappa shape index (κ3) is 3.36. The molecule has 0 fully saturated rings. The summed E-state index contributed by atoms with van der Waals surface area (Å²) in [5.41, 5.74) is 6.80. The van der Waals surface area contributed by atoms with Crippen LogP contribution in [0.3, 0.4) is 0 Å². The zero-order valence-electron chi connectivity index (χ0n) is 13.2. The summed E-state index contributed by atoms with van der Waals surface area (Å²) in [5.74, 6) is 0. The van der Waals surface area contributed by atoms with Gasteiger partial charge in [-0.3, -0.25) is 0 Å². The molecule has 110 valence electrons. The third-order valence-corrected chi connectivity index (χ3v) is 4.81. The lowest BCUT2D eigenvalue weighted by Crippen LogP contribution is -2.28.